The first-order valence-electron chi connectivity index (χ1n) is 6.38. The molecular weight excluding hydrogens is 246 g/mol. The molecule has 1 aliphatic rings. The predicted molar refractivity (Wildman–Crippen MR) is 73.2 cm³/mol. The lowest BCUT2D eigenvalue weighted by molar-refractivity contribution is 0.105. The van der Waals surface area contributed by atoms with E-state index in [-0.39, 0.29) is 19.2 Å². The van der Waals surface area contributed by atoms with E-state index in [1.165, 1.54) is 0 Å². The van der Waals surface area contributed by atoms with E-state index in [1.807, 2.05) is 6.07 Å². The van der Waals surface area contributed by atoms with Crippen LogP contribution in [0.1, 0.15) is 12.8 Å². The summed E-state index contributed by atoms with van der Waals surface area (Å²) in [4.78, 5) is 11.6. The van der Waals surface area contributed by atoms with E-state index in [2.05, 4.69) is 16.0 Å². The van der Waals surface area contributed by atoms with E-state index in [4.69, 9.17) is 5.11 Å². The maximum absolute atomic E-state index is 11.6. The average Bonchev–Trinajstić information content (AvgIpc) is 3.20. The minimum Gasteiger partial charge on any atom is -0.394 e. The van der Waals surface area contributed by atoms with E-state index >= 15 is 0 Å². The molecule has 6 heteroatoms. The van der Waals surface area contributed by atoms with Gasteiger partial charge in [-0.3, -0.25) is 0 Å². The van der Waals surface area contributed by atoms with Gasteiger partial charge in [-0.25, -0.2) is 4.79 Å². The fourth-order valence-corrected chi connectivity index (χ4v) is 1.59. The van der Waals surface area contributed by atoms with E-state index < -0.39 is 6.10 Å². The smallest absolute Gasteiger partial charge is 0.319 e. The molecule has 0 bridgehead atoms. The molecule has 1 aromatic carbocycles. The average molecular weight is 265 g/mol. The second-order valence-electron chi connectivity index (χ2n) is 4.67. The van der Waals surface area contributed by atoms with Crippen molar-refractivity contribution in [3.8, 4) is 0 Å². The van der Waals surface area contributed by atoms with Gasteiger partial charge in [0.1, 0.15) is 0 Å². The Bertz CT molecular complexity index is 435. The first-order valence-corrected chi connectivity index (χ1v) is 6.38. The normalized spacial score (nSPS) is 15.7. The van der Waals surface area contributed by atoms with Gasteiger partial charge in [-0.15, -0.1) is 0 Å². The molecule has 2 amide bonds. The number of benzene rings is 1. The van der Waals surface area contributed by atoms with Gasteiger partial charge in [0.25, 0.3) is 0 Å². The third-order valence-electron chi connectivity index (χ3n) is 2.79. The summed E-state index contributed by atoms with van der Waals surface area (Å²) in [5.74, 6) is 0. The zero-order chi connectivity index (χ0) is 13.7. The second kappa shape index (κ2) is 6.40. The van der Waals surface area contributed by atoms with Crippen molar-refractivity contribution in [2.45, 2.75) is 25.0 Å². The Kier molecular flexibility index (Phi) is 4.59. The molecule has 1 unspecified atom stereocenters. The molecule has 1 aliphatic carbocycles. The topological polar surface area (TPSA) is 93.6 Å². The number of aliphatic hydroxyl groups is 2. The van der Waals surface area contributed by atoms with Gasteiger partial charge in [-0.1, -0.05) is 6.07 Å². The van der Waals surface area contributed by atoms with Crippen LogP contribution in [0, 0.1) is 0 Å². The first kappa shape index (κ1) is 13.6. The molecule has 2 rings (SSSR count). The van der Waals surface area contributed by atoms with Crippen molar-refractivity contribution in [1.82, 2.24) is 5.32 Å². The van der Waals surface area contributed by atoms with Crippen molar-refractivity contribution < 1.29 is 15.0 Å². The maximum atomic E-state index is 11.6. The highest BCUT2D eigenvalue weighted by atomic mass is 16.3. The van der Waals surface area contributed by atoms with E-state index in [1.54, 1.807) is 18.2 Å². The molecule has 0 aromatic heterocycles. The summed E-state index contributed by atoms with van der Waals surface area (Å²) in [6.45, 7) is -0.0248. The van der Waals surface area contributed by atoms with Crippen molar-refractivity contribution >= 4 is 17.4 Å². The Morgan fingerprint density at radius 1 is 1.37 bits per heavy atom. The van der Waals surface area contributed by atoms with Crippen molar-refractivity contribution in [2.24, 2.45) is 0 Å². The molecule has 1 saturated carbocycles. The summed E-state index contributed by atoms with van der Waals surface area (Å²) >= 11 is 0. The van der Waals surface area contributed by atoms with Crippen LogP contribution in [-0.4, -0.2) is 41.5 Å². The molecular formula is C13H19N3O3. The minimum absolute atomic E-state index is 0.199. The summed E-state index contributed by atoms with van der Waals surface area (Å²) in [6.07, 6.45) is 1.30. The molecule has 19 heavy (non-hydrogen) atoms. The molecule has 0 aliphatic heterocycles. The van der Waals surface area contributed by atoms with Crippen LogP contribution in [0.25, 0.3) is 0 Å². The van der Waals surface area contributed by atoms with Crippen LogP contribution in [0.2, 0.25) is 0 Å². The minimum atomic E-state index is -0.796. The van der Waals surface area contributed by atoms with Crippen LogP contribution in [0.5, 0.6) is 0 Å². The van der Waals surface area contributed by atoms with Crippen LogP contribution in [0.3, 0.4) is 0 Å². The number of hydrogen-bond acceptors (Lipinski definition) is 4. The Morgan fingerprint density at radius 3 is 2.79 bits per heavy atom. The number of amides is 2. The Hall–Kier alpha value is -1.79. The quantitative estimate of drug-likeness (QED) is 0.524. The van der Waals surface area contributed by atoms with Gasteiger partial charge >= 0.3 is 6.03 Å². The molecule has 1 fully saturated rings. The fraction of sp³-hybridized carbons (Fsp3) is 0.462. The Morgan fingerprint density at radius 2 is 2.11 bits per heavy atom. The van der Waals surface area contributed by atoms with Gasteiger partial charge in [0, 0.05) is 24.0 Å². The summed E-state index contributed by atoms with van der Waals surface area (Å²) in [5, 5.41) is 26.5. The highest BCUT2D eigenvalue weighted by molar-refractivity contribution is 5.90. The first-order chi connectivity index (χ1) is 9.17. The van der Waals surface area contributed by atoms with Gasteiger partial charge in [0.2, 0.25) is 0 Å². The molecule has 1 atom stereocenters. The third kappa shape index (κ3) is 4.76. The summed E-state index contributed by atoms with van der Waals surface area (Å²) in [6, 6.07) is 7.32. The van der Waals surface area contributed by atoms with E-state index in [9.17, 15) is 9.90 Å². The lowest BCUT2D eigenvalue weighted by Crippen LogP contribution is -2.30. The molecule has 0 saturated heterocycles. The lowest BCUT2D eigenvalue weighted by Gasteiger charge is -2.12. The summed E-state index contributed by atoms with van der Waals surface area (Å²) < 4.78 is 0. The van der Waals surface area contributed by atoms with Crippen molar-refractivity contribution in [3.05, 3.63) is 24.3 Å². The number of carbonyl (C=O) groups is 1. The monoisotopic (exact) mass is 265 g/mol. The van der Waals surface area contributed by atoms with Crippen LogP contribution in [0.4, 0.5) is 16.2 Å². The van der Waals surface area contributed by atoms with Crippen molar-refractivity contribution in [2.75, 3.05) is 23.8 Å². The lowest BCUT2D eigenvalue weighted by atomic mass is 10.2. The second-order valence-corrected chi connectivity index (χ2v) is 4.67. The van der Waals surface area contributed by atoms with Crippen LogP contribution in [0.15, 0.2) is 24.3 Å². The molecule has 0 radical (unpaired) electrons. The number of aliphatic hydroxyl groups excluding tert-OH is 2. The van der Waals surface area contributed by atoms with Gasteiger partial charge in [0.05, 0.1) is 12.7 Å². The van der Waals surface area contributed by atoms with E-state index in [0.29, 0.717) is 11.7 Å². The van der Waals surface area contributed by atoms with Crippen LogP contribution < -0.4 is 16.0 Å². The highest BCUT2D eigenvalue weighted by Gasteiger charge is 2.23. The SMILES string of the molecule is O=C(Nc1cccc(NCC(O)CO)c1)NC1CC1. The number of anilines is 2. The van der Waals surface area contributed by atoms with Gasteiger partial charge < -0.3 is 26.2 Å². The molecule has 0 heterocycles. The molecule has 5 N–H and O–H groups in total. The molecule has 104 valence electrons. The van der Waals surface area contributed by atoms with Crippen LogP contribution >= 0.6 is 0 Å². The number of nitrogens with one attached hydrogen (secondary N) is 3. The van der Waals surface area contributed by atoms with Gasteiger partial charge in [-0.05, 0) is 31.0 Å². The number of urea groups is 1. The third-order valence-corrected chi connectivity index (χ3v) is 2.79. The molecule has 0 spiro atoms. The largest absolute Gasteiger partial charge is 0.394 e. The number of rotatable bonds is 6. The predicted octanol–water partition coefficient (Wildman–Crippen LogP) is 0.736. The van der Waals surface area contributed by atoms with Gasteiger partial charge in [0.15, 0.2) is 0 Å². The van der Waals surface area contributed by atoms with Gasteiger partial charge in [-0.2, -0.15) is 0 Å². The fourth-order valence-electron chi connectivity index (χ4n) is 1.59. The maximum Gasteiger partial charge on any atom is 0.319 e. The summed E-state index contributed by atoms with van der Waals surface area (Å²) in [7, 11) is 0. The van der Waals surface area contributed by atoms with Crippen LogP contribution in [-0.2, 0) is 0 Å². The Balaban J connectivity index is 1.85. The summed E-state index contributed by atoms with van der Waals surface area (Å²) in [5.41, 5.74) is 1.46. The standard InChI is InChI=1S/C13H19N3O3/c17-8-12(18)7-14-10-2-1-3-11(6-10)16-13(19)15-9-4-5-9/h1-3,6,9,12,14,17-18H,4-5,7-8H2,(H2,15,16,19). The van der Waals surface area contributed by atoms with E-state index in [0.717, 1.165) is 18.5 Å². The highest BCUT2D eigenvalue weighted by Crippen LogP contribution is 2.19. The zero-order valence-electron chi connectivity index (χ0n) is 10.6. The number of carbonyl (C=O) groups excluding carboxylic acids is 1. The van der Waals surface area contributed by atoms with Crippen molar-refractivity contribution in [1.29, 1.82) is 0 Å². The molecule has 1 aromatic rings. The Labute approximate surface area is 111 Å². The molecule has 6 nitrogen and oxygen atoms in total. The zero-order valence-corrected chi connectivity index (χ0v) is 10.6. The van der Waals surface area contributed by atoms with Crippen molar-refractivity contribution in [3.63, 3.8) is 0 Å². The number of hydrogen-bond donors (Lipinski definition) is 5.